The molecule has 12 nitrogen and oxygen atoms in total. The van der Waals surface area contributed by atoms with Crippen LogP contribution in [-0.4, -0.2) is 61.3 Å². The first-order chi connectivity index (χ1) is 23.4. The van der Waals surface area contributed by atoms with Gasteiger partial charge in [-0.15, -0.1) is 11.3 Å². The van der Waals surface area contributed by atoms with Gasteiger partial charge >= 0.3 is 6.09 Å². The number of hydrogen-bond donors (Lipinski definition) is 7. The monoisotopic (exact) mass is 711 g/mol. The summed E-state index contributed by atoms with van der Waals surface area (Å²) in [6.07, 6.45) is -0.457. The molecule has 1 aliphatic rings. The van der Waals surface area contributed by atoms with Gasteiger partial charge < -0.3 is 31.5 Å². The molecule has 0 aliphatic carbocycles. The lowest BCUT2D eigenvalue weighted by Gasteiger charge is -2.26. The van der Waals surface area contributed by atoms with Gasteiger partial charge in [-0.3, -0.25) is 18.7 Å². The molecule has 4 aromatic rings. The van der Waals surface area contributed by atoms with Crippen LogP contribution in [0.3, 0.4) is 0 Å². The molecule has 8 N–H and O–H groups in total. The zero-order chi connectivity index (χ0) is 35.1. The summed E-state index contributed by atoms with van der Waals surface area (Å²) >= 11 is 1.11. The first-order valence-electron chi connectivity index (χ1n) is 15.6. The third kappa shape index (κ3) is 9.55. The van der Waals surface area contributed by atoms with E-state index in [1.54, 1.807) is 37.3 Å². The molecular weight excluding hydrogens is 674 g/mol. The third-order valence-electron chi connectivity index (χ3n) is 7.93. The number of aliphatic hydroxyl groups excluding tert-OH is 1. The van der Waals surface area contributed by atoms with Gasteiger partial charge in [0.1, 0.15) is 16.6 Å². The van der Waals surface area contributed by atoms with Gasteiger partial charge in [0.25, 0.3) is 11.8 Å². The van der Waals surface area contributed by atoms with E-state index in [0.29, 0.717) is 46.2 Å². The van der Waals surface area contributed by atoms with E-state index >= 15 is 4.39 Å². The van der Waals surface area contributed by atoms with Crippen LogP contribution >= 0.6 is 21.9 Å². The van der Waals surface area contributed by atoms with Crippen LogP contribution in [0.25, 0.3) is 10.4 Å². The largest absolute Gasteiger partial charge is 0.439 e. The van der Waals surface area contributed by atoms with E-state index in [-0.39, 0.29) is 22.6 Å². The minimum atomic E-state index is -2.69. The number of hydrogen-bond acceptors (Lipinski definition) is 10. The number of anilines is 2. The van der Waals surface area contributed by atoms with E-state index in [0.717, 1.165) is 16.9 Å². The predicted molar refractivity (Wildman–Crippen MR) is 188 cm³/mol. The second-order valence-corrected chi connectivity index (χ2v) is 15.0. The number of nitrogens with two attached hydrogens (primary N) is 1. The third-order valence-corrected chi connectivity index (χ3v) is 10.8. The highest BCUT2D eigenvalue weighted by Gasteiger charge is 2.29. The Hall–Kier alpha value is -4.54. The van der Waals surface area contributed by atoms with Crippen molar-refractivity contribution >= 4 is 50.7 Å². The fraction of sp³-hybridized carbons (Fsp3) is 0.294. The van der Waals surface area contributed by atoms with Gasteiger partial charge in [-0.1, -0.05) is 55.5 Å². The molecular formula is C34H38FN5O7S2. The Labute approximate surface area is 288 Å². The highest BCUT2D eigenvalue weighted by Crippen LogP contribution is 2.45. The van der Waals surface area contributed by atoms with E-state index in [4.69, 9.17) is 10.5 Å². The van der Waals surface area contributed by atoms with Crippen molar-refractivity contribution in [1.82, 2.24) is 15.6 Å². The molecule has 0 bridgehead atoms. The quantitative estimate of drug-likeness (QED) is 0.0885. The number of thiophene rings is 1. The topological polar surface area (TPSA) is 196 Å². The lowest BCUT2D eigenvalue weighted by atomic mass is 10.0. The lowest BCUT2D eigenvalue weighted by Crippen LogP contribution is -2.39. The summed E-state index contributed by atoms with van der Waals surface area (Å²) in [5, 5.41) is 19.0. The minimum absolute atomic E-state index is 0.0713. The average molecular weight is 712 g/mol. The zero-order valence-corrected chi connectivity index (χ0v) is 28.2. The van der Waals surface area contributed by atoms with Crippen molar-refractivity contribution < 1.29 is 37.7 Å². The van der Waals surface area contributed by atoms with Crippen LogP contribution in [0.4, 0.5) is 20.0 Å². The molecule has 1 saturated heterocycles. The van der Waals surface area contributed by atoms with Crippen molar-refractivity contribution in [1.29, 1.82) is 0 Å². The van der Waals surface area contributed by atoms with Crippen molar-refractivity contribution in [2.45, 2.75) is 44.4 Å². The summed E-state index contributed by atoms with van der Waals surface area (Å²) in [6, 6.07) is 19.3. The minimum Gasteiger partial charge on any atom is -0.439 e. The van der Waals surface area contributed by atoms with E-state index in [2.05, 4.69) is 20.9 Å². The number of rotatable bonds is 13. The van der Waals surface area contributed by atoms with Crippen LogP contribution in [-0.2, 0) is 16.0 Å². The van der Waals surface area contributed by atoms with Gasteiger partial charge in [0, 0.05) is 22.2 Å². The highest BCUT2D eigenvalue weighted by molar-refractivity contribution is 8.24. The van der Waals surface area contributed by atoms with Crippen LogP contribution < -0.4 is 21.7 Å². The molecule has 2 aromatic heterocycles. The zero-order valence-electron chi connectivity index (χ0n) is 26.6. The summed E-state index contributed by atoms with van der Waals surface area (Å²) in [5.41, 5.74) is 7.84. The van der Waals surface area contributed by atoms with Gasteiger partial charge in [-0.25, -0.2) is 14.2 Å². The van der Waals surface area contributed by atoms with Gasteiger partial charge in [0.15, 0.2) is 6.61 Å². The first kappa shape index (κ1) is 35.8. The average Bonchev–Trinajstić information content (AvgIpc) is 3.65. The number of aliphatic hydroxyl groups is 1. The van der Waals surface area contributed by atoms with Gasteiger partial charge in [-0.2, -0.15) is 10.6 Å². The Morgan fingerprint density at radius 2 is 1.88 bits per heavy atom. The number of pyridine rings is 1. The van der Waals surface area contributed by atoms with Crippen LogP contribution in [0.5, 0.6) is 0 Å². The summed E-state index contributed by atoms with van der Waals surface area (Å²) in [7, 11) is -2.69. The maximum atomic E-state index is 15.1. The normalized spacial score (nSPS) is 17.0. The van der Waals surface area contributed by atoms with E-state index in [1.807, 2.05) is 30.3 Å². The van der Waals surface area contributed by atoms with Crippen molar-refractivity contribution in [3.05, 3.63) is 101 Å². The smallest absolute Gasteiger partial charge is 0.408 e. The number of benzene rings is 2. The fourth-order valence-corrected chi connectivity index (χ4v) is 8.22. The summed E-state index contributed by atoms with van der Waals surface area (Å²) in [6.45, 7) is 1.23. The molecule has 1 fully saturated rings. The second-order valence-electron chi connectivity index (χ2n) is 11.6. The summed E-state index contributed by atoms with van der Waals surface area (Å²) in [5.74, 6) is -1.22. The molecule has 15 heteroatoms. The molecule has 1 aliphatic heterocycles. The standard InChI is InChI=1S/C34H38FN5O7S2/c1-2-28(41)21-11-12-23(25(35)16-21)29-17-24(32(36)43)33(48-29)40-30-10-6-9-26(38-30)27(15-20-7-4-3-5-8-20)39-34(44)47-18-31(42)37-22-13-14-49(45,46)19-22/h3-12,16-17,22,27-28,41,45-46H,2,13-15,18-19H2,1H3,(H2,36,43)(H,37,42)(H,38,40)(H,39,44). The molecule has 0 spiro atoms. The Morgan fingerprint density at radius 3 is 2.55 bits per heavy atom. The molecule has 2 aromatic carbocycles. The maximum Gasteiger partial charge on any atom is 0.408 e. The van der Waals surface area contributed by atoms with Gasteiger partial charge in [-0.05, 0) is 54.7 Å². The van der Waals surface area contributed by atoms with Crippen molar-refractivity contribution in [2.75, 3.05) is 23.4 Å². The van der Waals surface area contributed by atoms with Crippen LogP contribution in [0.15, 0.2) is 72.8 Å². The molecule has 49 heavy (non-hydrogen) atoms. The molecule has 5 rings (SSSR count). The van der Waals surface area contributed by atoms with Crippen LogP contribution in [0, 0.1) is 5.82 Å². The van der Waals surface area contributed by atoms with Crippen molar-refractivity contribution in [2.24, 2.45) is 5.73 Å². The number of carbonyl (C=O) groups excluding carboxylic acids is 3. The highest BCUT2D eigenvalue weighted by atomic mass is 32.3. The van der Waals surface area contributed by atoms with Crippen molar-refractivity contribution in [3.8, 4) is 10.4 Å². The number of halogens is 1. The number of carbonyl (C=O) groups is 3. The second kappa shape index (κ2) is 15.8. The van der Waals surface area contributed by atoms with Crippen LogP contribution in [0.1, 0.15) is 59.1 Å². The molecule has 3 amide bonds. The Bertz CT molecular complexity index is 1810. The fourth-order valence-electron chi connectivity index (χ4n) is 5.40. The van der Waals surface area contributed by atoms with E-state index in [1.165, 1.54) is 12.1 Å². The Kier molecular flexibility index (Phi) is 11.5. The SMILES string of the molecule is CCC(O)c1ccc(-c2cc(C(N)=O)c(Nc3cccc(C(Cc4ccccc4)NC(=O)OCC(=O)NC4CCS(O)(O)C4)n3)s2)c(F)c1. The number of nitrogens with one attached hydrogen (secondary N) is 3. The Morgan fingerprint density at radius 1 is 1.10 bits per heavy atom. The van der Waals surface area contributed by atoms with Gasteiger partial charge in [0.05, 0.1) is 29.2 Å². The molecule has 3 heterocycles. The number of primary amides is 1. The molecule has 3 unspecified atom stereocenters. The molecule has 0 radical (unpaired) electrons. The number of ether oxygens (including phenoxy) is 1. The first-order valence-corrected chi connectivity index (χ1v) is 18.3. The Balaban J connectivity index is 1.32. The predicted octanol–water partition coefficient (Wildman–Crippen LogP) is 5.88. The van der Waals surface area contributed by atoms with Gasteiger partial charge in [0.2, 0.25) is 0 Å². The maximum absolute atomic E-state index is 15.1. The van der Waals surface area contributed by atoms with Crippen LogP contribution in [0.2, 0.25) is 0 Å². The van der Waals surface area contributed by atoms with E-state index < -0.39 is 59.1 Å². The number of amides is 3. The summed E-state index contributed by atoms with van der Waals surface area (Å²) in [4.78, 5) is 42.8. The lowest BCUT2D eigenvalue weighted by molar-refractivity contribution is -0.124. The molecule has 0 saturated carbocycles. The molecule has 3 atom stereocenters. The number of aromatic nitrogens is 1. The molecule has 260 valence electrons. The van der Waals surface area contributed by atoms with E-state index in [9.17, 15) is 28.6 Å². The number of alkyl carbamates (subject to hydrolysis) is 1. The summed E-state index contributed by atoms with van der Waals surface area (Å²) < 4.78 is 39.9. The number of nitrogens with zero attached hydrogens (tertiary/aromatic N) is 1. The van der Waals surface area contributed by atoms with Crippen molar-refractivity contribution in [3.63, 3.8) is 0 Å².